The second-order valence-electron chi connectivity index (χ2n) is 6.55. The average molecular weight is 357 g/mol. The molecule has 9 heteroatoms. The molecule has 0 aromatic rings. The molecule has 0 unspecified atom stereocenters. The molecule has 1 fully saturated rings. The second-order valence-corrected chi connectivity index (χ2v) is 8.53. The molecule has 0 saturated carbocycles. The standard InChI is InChI=1S/C15H27N5O3S/c1-11(21)19-6-5-14(13(10-19)15(16)17)18-9-12-3-7-20(8-4-12)24(2,22)23/h12,18H,3-10H2,1-2H3,(H3,16,17). The van der Waals surface area contributed by atoms with Crippen LogP contribution in [0.15, 0.2) is 11.3 Å². The van der Waals surface area contributed by atoms with Gasteiger partial charge in [-0.15, -0.1) is 0 Å². The Hall–Kier alpha value is -1.61. The predicted molar refractivity (Wildman–Crippen MR) is 93.0 cm³/mol. The quantitative estimate of drug-likeness (QED) is 0.460. The zero-order valence-electron chi connectivity index (χ0n) is 14.3. The van der Waals surface area contributed by atoms with E-state index >= 15 is 0 Å². The van der Waals surface area contributed by atoms with Crippen LogP contribution in [0, 0.1) is 11.3 Å². The summed E-state index contributed by atoms with van der Waals surface area (Å²) in [7, 11) is -3.10. The highest BCUT2D eigenvalue weighted by Gasteiger charge is 2.26. The Labute approximate surface area is 143 Å². The summed E-state index contributed by atoms with van der Waals surface area (Å²) in [5, 5.41) is 11.1. The number of piperidine rings is 1. The van der Waals surface area contributed by atoms with Crippen LogP contribution in [0.25, 0.3) is 0 Å². The maximum atomic E-state index is 11.5. The Bertz CT molecular complexity index is 635. The molecule has 0 aliphatic carbocycles. The van der Waals surface area contributed by atoms with E-state index in [4.69, 9.17) is 11.1 Å². The lowest BCUT2D eigenvalue weighted by Crippen LogP contribution is -2.43. The first-order chi connectivity index (χ1) is 11.2. The lowest BCUT2D eigenvalue weighted by atomic mass is 9.97. The van der Waals surface area contributed by atoms with Crippen molar-refractivity contribution in [2.45, 2.75) is 26.2 Å². The van der Waals surface area contributed by atoms with Crippen LogP contribution in [0.5, 0.6) is 0 Å². The highest BCUT2D eigenvalue weighted by atomic mass is 32.2. The normalized spacial score (nSPS) is 21.0. The van der Waals surface area contributed by atoms with Crippen LogP contribution in [0.2, 0.25) is 0 Å². The number of hydrogen-bond acceptors (Lipinski definition) is 5. The van der Waals surface area contributed by atoms with Gasteiger partial charge >= 0.3 is 0 Å². The zero-order valence-corrected chi connectivity index (χ0v) is 15.2. The van der Waals surface area contributed by atoms with Crippen LogP contribution >= 0.6 is 0 Å². The topological polar surface area (TPSA) is 120 Å². The minimum absolute atomic E-state index is 0.00431. The highest BCUT2D eigenvalue weighted by Crippen LogP contribution is 2.21. The number of sulfonamides is 1. The molecule has 1 amide bonds. The molecule has 4 N–H and O–H groups in total. The third-order valence-electron chi connectivity index (χ3n) is 4.76. The number of hydrogen-bond donors (Lipinski definition) is 3. The number of rotatable bonds is 5. The number of carbonyl (C=O) groups excluding carboxylic acids is 1. The van der Waals surface area contributed by atoms with Gasteiger partial charge in [0, 0.05) is 50.8 Å². The van der Waals surface area contributed by atoms with Gasteiger partial charge in [0.15, 0.2) is 0 Å². The van der Waals surface area contributed by atoms with E-state index in [0.29, 0.717) is 44.1 Å². The fourth-order valence-electron chi connectivity index (χ4n) is 3.19. The second kappa shape index (κ2) is 7.52. The van der Waals surface area contributed by atoms with Gasteiger partial charge in [0.1, 0.15) is 5.84 Å². The minimum Gasteiger partial charge on any atom is -0.388 e. The molecule has 8 nitrogen and oxygen atoms in total. The summed E-state index contributed by atoms with van der Waals surface area (Å²) in [5.41, 5.74) is 7.29. The maximum Gasteiger partial charge on any atom is 0.219 e. The van der Waals surface area contributed by atoms with E-state index in [9.17, 15) is 13.2 Å². The Balaban J connectivity index is 1.92. The summed E-state index contributed by atoms with van der Waals surface area (Å²) in [5.74, 6) is 0.380. The number of carbonyl (C=O) groups is 1. The van der Waals surface area contributed by atoms with Gasteiger partial charge in [-0.25, -0.2) is 12.7 Å². The number of nitrogens with two attached hydrogens (primary N) is 1. The van der Waals surface area contributed by atoms with Gasteiger partial charge in [-0.1, -0.05) is 0 Å². The molecule has 0 bridgehead atoms. The third kappa shape index (κ3) is 4.70. The number of nitrogens with zero attached hydrogens (tertiary/aromatic N) is 2. The molecule has 0 aromatic heterocycles. The van der Waals surface area contributed by atoms with Gasteiger partial charge < -0.3 is 16.0 Å². The number of nitrogens with one attached hydrogen (secondary N) is 2. The van der Waals surface area contributed by atoms with Gasteiger partial charge in [-0.2, -0.15) is 0 Å². The van der Waals surface area contributed by atoms with Crippen molar-refractivity contribution in [3.63, 3.8) is 0 Å². The van der Waals surface area contributed by atoms with Crippen molar-refractivity contribution in [3.05, 3.63) is 11.3 Å². The molecule has 1 saturated heterocycles. The Kier molecular flexibility index (Phi) is 5.87. The lowest BCUT2D eigenvalue weighted by molar-refractivity contribution is -0.128. The molecule has 0 atom stereocenters. The molecule has 0 spiro atoms. The molecule has 2 aliphatic rings. The molecule has 2 aliphatic heterocycles. The van der Waals surface area contributed by atoms with Gasteiger partial charge in [0.2, 0.25) is 15.9 Å². The van der Waals surface area contributed by atoms with E-state index < -0.39 is 10.0 Å². The molecule has 0 aromatic carbocycles. The van der Waals surface area contributed by atoms with E-state index in [-0.39, 0.29) is 11.7 Å². The van der Waals surface area contributed by atoms with E-state index in [1.165, 1.54) is 17.5 Å². The minimum atomic E-state index is -3.10. The molecule has 0 radical (unpaired) electrons. The molecule has 2 rings (SSSR count). The molecule has 24 heavy (non-hydrogen) atoms. The largest absolute Gasteiger partial charge is 0.388 e. The summed E-state index contributed by atoms with van der Waals surface area (Å²) in [4.78, 5) is 13.2. The first kappa shape index (κ1) is 18.7. The van der Waals surface area contributed by atoms with Gasteiger partial charge in [-0.05, 0) is 18.8 Å². The Morgan fingerprint density at radius 1 is 1.33 bits per heavy atom. The third-order valence-corrected chi connectivity index (χ3v) is 6.07. The van der Waals surface area contributed by atoms with Crippen LogP contribution in [0.4, 0.5) is 0 Å². The first-order valence-electron chi connectivity index (χ1n) is 8.19. The van der Waals surface area contributed by atoms with Crippen molar-refractivity contribution in [2.24, 2.45) is 11.7 Å². The molecule has 136 valence electrons. The van der Waals surface area contributed by atoms with Gasteiger partial charge in [-0.3, -0.25) is 10.2 Å². The summed E-state index contributed by atoms with van der Waals surface area (Å²) in [6.07, 6.45) is 3.56. The summed E-state index contributed by atoms with van der Waals surface area (Å²) < 4.78 is 24.6. The number of amides is 1. The van der Waals surface area contributed by atoms with Crippen LogP contribution in [0.1, 0.15) is 26.2 Å². The van der Waals surface area contributed by atoms with Crippen molar-refractivity contribution in [1.29, 1.82) is 5.41 Å². The van der Waals surface area contributed by atoms with E-state index in [1.54, 1.807) is 4.90 Å². The van der Waals surface area contributed by atoms with Gasteiger partial charge in [0.25, 0.3) is 0 Å². The monoisotopic (exact) mass is 357 g/mol. The fourth-order valence-corrected chi connectivity index (χ4v) is 4.06. The predicted octanol–water partition coefficient (Wildman–Crippen LogP) is -0.310. The summed E-state index contributed by atoms with van der Waals surface area (Å²) >= 11 is 0. The summed E-state index contributed by atoms with van der Waals surface area (Å²) in [6, 6.07) is 0. The molecule has 2 heterocycles. The molecular weight excluding hydrogens is 330 g/mol. The lowest BCUT2D eigenvalue weighted by Gasteiger charge is -2.33. The Morgan fingerprint density at radius 2 is 1.96 bits per heavy atom. The van der Waals surface area contributed by atoms with Gasteiger partial charge in [0.05, 0.1) is 12.8 Å². The van der Waals surface area contributed by atoms with Crippen LogP contribution in [-0.4, -0.2) is 68.3 Å². The average Bonchev–Trinajstić information content (AvgIpc) is 2.52. The smallest absolute Gasteiger partial charge is 0.219 e. The fraction of sp³-hybridized carbons (Fsp3) is 0.733. The van der Waals surface area contributed by atoms with E-state index in [2.05, 4.69) is 5.32 Å². The first-order valence-corrected chi connectivity index (χ1v) is 10.0. The maximum absolute atomic E-state index is 11.5. The number of amidine groups is 1. The van der Waals surface area contributed by atoms with Crippen molar-refractivity contribution < 1.29 is 13.2 Å². The van der Waals surface area contributed by atoms with Crippen molar-refractivity contribution in [1.82, 2.24) is 14.5 Å². The summed E-state index contributed by atoms with van der Waals surface area (Å²) in [6.45, 7) is 4.37. The molecular formula is C15H27N5O3S. The van der Waals surface area contributed by atoms with Crippen LogP contribution in [0.3, 0.4) is 0 Å². The highest BCUT2D eigenvalue weighted by molar-refractivity contribution is 7.88. The van der Waals surface area contributed by atoms with Crippen LogP contribution in [-0.2, 0) is 14.8 Å². The zero-order chi connectivity index (χ0) is 17.9. The van der Waals surface area contributed by atoms with Crippen LogP contribution < -0.4 is 11.1 Å². The van der Waals surface area contributed by atoms with Crippen molar-refractivity contribution in [3.8, 4) is 0 Å². The Morgan fingerprint density at radius 3 is 2.46 bits per heavy atom. The SMILES string of the molecule is CC(=O)N1CCC(NCC2CCN(S(C)(=O)=O)CC2)=C(C(=N)N)C1. The van der Waals surface area contributed by atoms with E-state index in [1.807, 2.05) is 0 Å². The van der Waals surface area contributed by atoms with E-state index in [0.717, 1.165) is 25.1 Å². The van der Waals surface area contributed by atoms with Crippen molar-refractivity contribution >= 4 is 21.8 Å². The van der Waals surface area contributed by atoms with Crippen molar-refractivity contribution in [2.75, 3.05) is 39.0 Å².